The van der Waals surface area contributed by atoms with Crippen LogP contribution in [0.4, 0.5) is 5.82 Å². The molecule has 4 nitrogen and oxygen atoms in total. The van der Waals surface area contributed by atoms with Crippen molar-refractivity contribution in [2.45, 2.75) is 0 Å². The molecular weight excluding hydrogens is 200 g/mol. The van der Waals surface area contributed by atoms with Crippen LogP contribution in [-0.2, 0) is 7.05 Å². The number of benzene rings is 1. The largest absolute Gasteiger partial charge is 0.384 e. The minimum Gasteiger partial charge on any atom is -0.384 e. The molecule has 0 spiro atoms. The van der Waals surface area contributed by atoms with Crippen LogP contribution in [0, 0.1) is 0 Å². The van der Waals surface area contributed by atoms with Crippen molar-refractivity contribution in [3.63, 3.8) is 0 Å². The number of rotatable bonds is 1. The minimum absolute atomic E-state index is 0.607. The van der Waals surface area contributed by atoms with E-state index < -0.39 is 0 Å². The van der Waals surface area contributed by atoms with E-state index in [1.807, 2.05) is 13.2 Å². The number of fused-ring (bicyclic) bond motifs is 1. The molecule has 0 aliphatic heterocycles. The molecule has 0 bridgehead atoms. The molecule has 0 atom stereocenters. The molecule has 4 heteroatoms. The van der Waals surface area contributed by atoms with Crippen molar-refractivity contribution in [1.29, 1.82) is 0 Å². The van der Waals surface area contributed by atoms with Gasteiger partial charge in [0, 0.05) is 29.7 Å². The summed E-state index contributed by atoms with van der Waals surface area (Å²) in [5.41, 5.74) is 9.05. The Hall–Kier alpha value is -2.23. The van der Waals surface area contributed by atoms with Gasteiger partial charge in [-0.2, -0.15) is 5.10 Å². The van der Waals surface area contributed by atoms with Crippen LogP contribution in [0.3, 0.4) is 0 Å². The van der Waals surface area contributed by atoms with Crippen molar-refractivity contribution >= 4 is 16.7 Å². The fourth-order valence-corrected chi connectivity index (χ4v) is 1.98. The number of nitrogen functional groups attached to an aromatic ring is 1. The van der Waals surface area contributed by atoms with Crippen LogP contribution in [0.1, 0.15) is 0 Å². The van der Waals surface area contributed by atoms with Crippen molar-refractivity contribution in [3.05, 3.63) is 36.7 Å². The molecule has 0 saturated heterocycles. The molecule has 16 heavy (non-hydrogen) atoms. The normalized spacial score (nSPS) is 11.1. The standard InChI is InChI=1S/C12H12N4/c1-16-5-4-9-6-8(2-3-11(9)16)10-7-14-15-12(10)13/h2-7H,1H3,(H3,13,14,15). The molecule has 3 N–H and O–H groups in total. The monoisotopic (exact) mass is 212 g/mol. The minimum atomic E-state index is 0.607. The van der Waals surface area contributed by atoms with Crippen LogP contribution < -0.4 is 5.73 Å². The first kappa shape index (κ1) is 9.03. The number of H-pyrrole nitrogens is 1. The molecule has 2 aromatic heterocycles. The second-order valence-electron chi connectivity index (χ2n) is 3.90. The highest BCUT2D eigenvalue weighted by Gasteiger charge is 2.06. The van der Waals surface area contributed by atoms with E-state index in [2.05, 4.69) is 39.0 Å². The third-order valence-electron chi connectivity index (χ3n) is 2.87. The zero-order valence-corrected chi connectivity index (χ0v) is 8.94. The molecule has 2 heterocycles. The Morgan fingerprint density at radius 1 is 1.31 bits per heavy atom. The SMILES string of the molecule is Cn1ccc2cc(-c3cn[nH]c3N)ccc21. The van der Waals surface area contributed by atoms with Gasteiger partial charge in [0.1, 0.15) is 5.82 Å². The fourth-order valence-electron chi connectivity index (χ4n) is 1.98. The number of aromatic nitrogens is 3. The number of nitrogens with one attached hydrogen (secondary N) is 1. The highest BCUT2D eigenvalue weighted by atomic mass is 15.1. The summed E-state index contributed by atoms with van der Waals surface area (Å²) in [6.45, 7) is 0. The van der Waals surface area contributed by atoms with E-state index >= 15 is 0 Å². The third kappa shape index (κ3) is 1.20. The van der Waals surface area contributed by atoms with Crippen LogP contribution >= 0.6 is 0 Å². The molecule has 1 aromatic carbocycles. The van der Waals surface area contributed by atoms with Gasteiger partial charge in [0.25, 0.3) is 0 Å². The quantitative estimate of drug-likeness (QED) is 0.649. The van der Waals surface area contributed by atoms with E-state index in [0.29, 0.717) is 5.82 Å². The summed E-state index contributed by atoms with van der Waals surface area (Å²) < 4.78 is 2.10. The number of nitrogens with zero attached hydrogens (tertiary/aromatic N) is 2. The maximum atomic E-state index is 5.80. The van der Waals surface area contributed by atoms with E-state index in [4.69, 9.17) is 5.73 Å². The Kier molecular flexibility index (Phi) is 1.77. The number of hydrogen-bond acceptors (Lipinski definition) is 2. The first-order chi connectivity index (χ1) is 7.75. The molecule has 0 aliphatic rings. The number of anilines is 1. The lowest BCUT2D eigenvalue weighted by atomic mass is 10.1. The first-order valence-corrected chi connectivity index (χ1v) is 5.10. The summed E-state index contributed by atoms with van der Waals surface area (Å²) in [5, 5.41) is 7.88. The molecule has 0 aliphatic carbocycles. The summed E-state index contributed by atoms with van der Waals surface area (Å²) in [5.74, 6) is 0.607. The van der Waals surface area contributed by atoms with Gasteiger partial charge in [0.15, 0.2) is 0 Å². The highest BCUT2D eigenvalue weighted by Crippen LogP contribution is 2.27. The van der Waals surface area contributed by atoms with E-state index in [1.165, 1.54) is 10.9 Å². The molecule has 3 rings (SSSR count). The zero-order valence-electron chi connectivity index (χ0n) is 8.94. The van der Waals surface area contributed by atoms with Crippen molar-refractivity contribution in [1.82, 2.24) is 14.8 Å². The number of hydrogen-bond donors (Lipinski definition) is 2. The summed E-state index contributed by atoms with van der Waals surface area (Å²) in [6, 6.07) is 8.37. The summed E-state index contributed by atoms with van der Waals surface area (Å²) in [6.07, 6.45) is 3.80. The topological polar surface area (TPSA) is 59.6 Å². The van der Waals surface area contributed by atoms with Crippen LogP contribution in [-0.4, -0.2) is 14.8 Å². The lowest BCUT2D eigenvalue weighted by Crippen LogP contribution is -1.88. The summed E-state index contributed by atoms with van der Waals surface area (Å²) >= 11 is 0. The molecule has 0 amide bonds. The maximum absolute atomic E-state index is 5.80. The lowest BCUT2D eigenvalue weighted by Gasteiger charge is -2.01. The second-order valence-corrected chi connectivity index (χ2v) is 3.90. The molecule has 0 unspecified atom stereocenters. The number of aromatic amines is 1. The van der Waals surface area contributed by atoms with Crippen molar-refractivity contribution in [3.8, 4) is 11.1 Å². The Bertz CT molecular complexity index is 648. The van der Waals surface area contributed by atoms with E-state index in [1.54, 1.807) is 6.20 Å². The van der Waals surface area contributed by atoms with E-state index in [-0.39, 0.29) is 0 Å². The average molecular weight is 212 g/mol. The molecule has 80 valence electrons. The Labute approximate surface area is 92.7 Å². The number of aryl methyl sites for hydroxylation is 1. The number of nitrogens with two attached hydrogens (primary N) is 1. The van der Waals surface area contributed by atoms with Crippen LogP contribution in [0.2, 0.25) is 0 Å². The van der Waals surface area contributed by atoms with Gasteiger partial charge in [-0.25, -0.2) is 0 Å². The van der Waals surface area contributed by atoms with Crippen LogP contribution in [0.25, 0.3) is 22.0 Å². The Morgan fingerprint density at radius 3 is 2.94 bits per heavy atom. The van der Waals surface area contributed by atoms with Crippen molar-refractivity contribution in [2.24, 2.45) is 7.05 Å². The maximum Gasteiger partial charge on any atom is 0.126 e. The van der Waals surface area contributed by atoms with E-state index in [0.717, 1.165) is 11.1 Å². The average Bonchev–Trinajstić information content (AvgIpc) is 2.86. The third-order valence-corrected chi connectivity index (χ3v) is 2.87. The fraction of sp³-hybridized carbons (Fsp3) is 0.0833. The zero-order chi connectivity index (χ0) is 11.1. The molecular formula is C12H12N4. The van der Waals surface area contributed by atoms with E-state index in [9.17, 15) is 0 Å². The Balaban J connectivity index is 2.23. The van der Waals surface area contributed by atoms with Gasteiger partial charge in [-0.05, 0) is 23.8 Å². The van der Waals surface area contributed by atoms with Gasteiger partial charge in [0.2, 0.25) is 0 Å². The van der Waals surface area contributed by atoms with Gasteiger partial charge in [0.05, 0.1) is 6.20 Å². The second kappa shape index (κ2) is 3.13. The molecule has 0 saturated carbocycles. The molecule has 3 aromatic rings. The summed E-state index contributed by atoms with van der Waals surface area (Å²) in [4.78, 5) is 0. The summed E-state index contributed by atoms with van der Waals surface area (Å²) in [7, 11) is 2.04. The van der Waals surface area contributed by atoms with Gasteiger partial charge in [-0.15, -0.1) is 0 Å². The van der Waals surface area contributed by atoms with Crippen LogP contribution in [0.5, 0.6) is 0 Å². The lowest BCUT2D eigenvalue weighted by molar-refractivity contribution is 0.969. The van der Waals surface area contributed by atoms with Crippen molar-refractivity contribution < 1.29 is 0 Å². The predicted octanol–water partition coefficient (Wildman–Crippen LogP) is 2.15. The van der Waals surface area contributed by atoms with Gasteiger partial charge in [-0.3, -0.25) is 5.10 Å². The van der Waals surface area contributed by atoms with Crippen LogP contribution in [0.15, 0.2) is 36.7 Å². The molecule has 0 fully saturated rings. The van der Waals surface area contributed by atoms with Gasteiger partial charge in [-0.1, -0.05) is 6.07 Å². The Morgan fingerprint density at radius 2 is 2.19 bits per heavy atom. The van der Waals surface area contributed by atoms with Gasteiger partial charge < -0.3 is 10.3 Å². The van der Waals surface area contributed by atoms with Crippen molar-refractivity contribution in [2.75, 3.05) is 5.73 Å². The first-order valence-electron chi connectivity index (χ1n) is 5.10. The predicted molar refractivity (Wildman–Crippen MR) is 64.9 cm³/mol. The van der Waals surface area contributed by atoms with Gasteiger partial charge >= 0.3 is 0 Å². The smallest absolute Gasteiger partial charge is 0.126 e. The molecule has 0 radical (unpaired) electrons. The highest BCUT2D eigenvalue weighted by molar-refractivity contribution is 5.87.